The number of hydrogen-bond donors (Lipinski definition) is 1. The number of methoxy groups -OCH3 is 1. The van der Waals surface area contributed by atoms with Crippen LogP contribution in [-0.4, -0.2) is 30.1 Å². The van der Waals surface area contributed by atoms with Crippen LogP contribution < -0.4 is 5.32 Å². The highest BCUT2D eigenvalue weighted by atomic mass is 32.1. The Kier molecular flexibility index (Phi) is 4.04. The van der Waals surface area contributed by atoms with E-state index in [1.807, 2.05) is 0 Å². The molecule has 0 saturated carbocycles. The third-order valence-corrected chi connectivity index (χ3v) is 3.75. The lowest BCUT2D eigenvalue weighted by molar-refractivity contribution is -0.136. The minimum absolute atomic E-state index is 0.329. The molecule has 0 radical (unpaired) electrons. The van der Waals surface area contributed by atoms with Crippen LogP contribution in [0, 0.1) is 5.82 Å². The first-order chi connectivity index (χ1) is 9.45. The van der Waals surface area contributed by atoms with E-state index in [0.717, 1.165) is 11.3 Å². The number of esters is 1. The summed E-state index contributed by atoms with van der Waals surface area (Å²) in [6.45, 7) is 1.80. The van der Waals surface area contributed by atoms with Crippen molar-refractivity contribution >= 4 is 23.3 Å². The van der Waals surface area contributed by atoms with Crippen molar-refractivity contribution in [1.29, 1.82) is 0 Å². The second-order valence-electron chi connectivity index (χ2n) is 4.48. The van der Waals surface area contributed by atoms with Gasteiger partial charge in [-0.3, -0.25) is 0 Å². The monoisotopic (exact) mass is 294 g/mol. The van der Waals surface area contributed by atoms with Crippen molar-refractivity contribution in [1.82, 2.24) is 10.2 Å². The van der Waals surface area contributed by atoms with Crippen LogP contribution in [0.4, 0.5) is 4.39 Å². The van der Waals surface area contributed by atoms with Crippen molar-refractivity contribution in [2.24, 2.45) is 0 Å². The molecule has 20 heavy (non-hydrogen) atoms. The summed E-state index contributed by atoms with van der Waals surface area (Å²) in [4.78, 5) is 13.7. The predicted octanol–water partition coefficient (Wildman–Crippen LogP) is 2.13. The Morgan fingerprint density at radius 3 is 2.55 bits per heavy atom. The van der Waals surface area contributed by atoms with E-state index in [1.54, 1.807) is 31.0 Å². The first-order valence-electron chi connectivity index (χ1n) is 6.04. The Hall–Kier alpha value is -1.95. The Morgan fingerprint density at radius 1 is 1.40 bits per heavy atom. The van der Waals surface area contributed by atoms with Crippen LogP contribution >= 0.6 is 12.2 Å². The molecular weight excluding hydrogens is 279 g/mol. The maximum atomic E-state index is 13.0. The van der Waals surface area contributed by atoms with Gasteiger partial charge in [0.1, 0.15) is 5.82 Å². The second kappa shape index (κ2) is 5.58. The largest absolute Gasteiger partial charge is 0.466 e. The number of carbonyl (C=O) groups excluding carboxylic acids is 1. The average Bonchev–Trinajstić information content (AvgIpc) is 2.44. The van der Waals surface area contributed by atoms with Crippen LogP contribution in [0.3, 0.4) is 0 Å². The number of nitrogens with one attached hydrogen (secondary N) is 1. The number of hydrogen-bond acceptors (Lipinski definition) is 3. The number of thiocarbonyl (C=S) groups is 1. The number of allylic oxidation sites excluding steroid dienone is 1. The van der Waals surface area contributed by atoms with Crippen molar-refractivity contribution in [3.63, 3.8) is 0 Å². The van der Waals surface area contributed by atoms with Gasteiger partial charge in [0.15, 0.2) is 5.11 Å². The zero-order valence-corrected chi connectivity index (χ0v) is 12.3. The first kappa shape index (κ1) is 14.5. The van der Waals surface area contributed by atoms with Gasteiger partial charge in [-0.05, 0) is 36.8 Å². The number of halogens is 1. The Labute approximate surface area is 122 Å². The fourth-order valence-electron chi connectivity index (χ4n) is 2.12. The molecule has 1 atom stereocenters. The van der Waals surface area contributed by atoms with Crippen molar-refractivity contribution in [2.75, 3.05) is 14.2 Å². The molecule has 0 saturated heterocycles. The molecule has 0 bridgehead atoms. The summed E-state index contributed by atoms with van der Waals surface area (Å²) >= 11 is 5.24. The summed E-state index contributed by atoms with van der Waals surface area (Å²) in [6.07, 6.45) is 0. The smallest absolute Gasteiger partial charge is 0.337 e. The minimum Gasteiger partial charge on any atom is -0.466 e. The molecule has 0 amide bonds. The molecular formula is C14H15FN2O2S. The van der Waals surface area contributed by atoms with Crippen LogP contribution in [-0.2, 0) is 9.53 Å². The van der Waals surface area contributed by atoms with Gasteiger partial charge in [-0.1, -0.05) is 12.1 Å². The SMILES string of the molecule is COC(=O)C1=C(C)N(C)C(=S)N[C@@H]1c1ccc(F)cc1. The minimum atomic E-state index is -0.438. The van der Waals surface area contributed by atoms with E-state index in [4.69, 9.17) is 17.0 Å². The van der Waals surface area contributed by atoms with E-state index in [9.17, 15) is 9.18 Å². The van der Waals surface area contributed by atoms with Crippen molar-refractivity contribution in [3.05, 3.63) is 46.9 Å². The van der Waals surface area contributed by atoms with Crippen LogP contribution in [0.25, 0.3) is 0 Å². The topological polar surface area (TPSA) is 41.6 Å². The van der Waals surface area contributed by atoms with E-state index in [0.29, 0.717) is 10.7 Å². The summed E-state index contributed by atoms with van der Waals surface area (Å²) in [5.41, 5.74) is 1.94. The number of ether oxygens (including phenoxy) is 1. The molecule has 0 aliphatic carbocycles. The maximum absolute atomic E-state index is 13.0. The standard InChI is InChI=1S/C14H15FN2O2S/c1-8-11(13(18)19-3)12(16-14(20)17(8)2)9-4-6-10(15)7-5-9/h4-7,12H,1-3H3,(H,16,20)/t12-/m1/s1. The molecule has 1 heterocycles. The highest BCUT2D eigenvalue weighted by molar-refractivity contribution is 7.80. The molecule has 4 nitrogen and oxygen atoms in total. The van der Waals surface area contributed by atoms with Crippen molar-refractivity contribution < 1.29 is 13.9 Å². The van der Waals surface area contributed by atoms with E-state index in [2.05, 4.69) is 5.32 Å². The van der Waals surface area contributed by atoms with Crippen LogP contribution in [0.5, 0.6) is 0 Å². The summed E-state index contributed by atoms with van der Waals surface area (Å²) < 4.78 is 17.9. The molecule has 1 N–H and O–H groups in total. The van der Waals surface area contributed by atoms with Gasteiger partial charge in [-0.15, -0.1) is 0 Å². The lowest BCUT2D eigenvalue weighted by atomic mass is 9.95. The third kappa shape index (κ3) is 2.51. The first-order valence-corrected chi connectivity index (χ1v) is 6.45. The van der Waals surface area contributed by atoms with Crippen molar-refractivity contribution in [2.45, 2.75) is 13.0 Å². The number of rotatable bonds is 2. The highest BCUT2D eigenvalue weighted by Gasteiger charge is 2.32. The summed E-state index contributed by atoms with van der Waals surface area (Å²) in [5.74, 6) is -0.761. The zero-order valence-electron chi connectivity index (χ0n) is 11.4. The van der Waals surface area contributed by atoms with Gasteiger partial charge in [-0.2, -0.15) is 0 Å². The number of benzene rings is 1. The Balaban J connectivity index is 2.51. The van der Waals surface area contributed by atoms with Crippen LogP contribution in [0.1, 0.15) is 18.5 Å². The molecule has 1 aromatic rings. The molecule has 0 aromatic heterocycles. The Bertz CT molecular complexity index is 583. The normalized spacial score (nSPS) is 18.9. The fourth-order valence-corrected chi connectivity index (χ4v) is 2.37. The molecule has 1 aliphatic heterocycles. The van der Waals surface area contributed by atoms with Gasteiger partial charge in [0.25, 0.3) is 0 Å². The molecule has 1 aliphatic rings. The third-order valence-electron chi connectivity index (χ3n) is 3.36. The zero-order chi connectivity index (χ0) is 14.9. The fraction of sp³-hybridized carbons (Fsp3) is 0.286. The van der Waals surface area contributed by atoms with Crippen molar-refractivity contribution in [3.8, 4) is 0 Å². The maximum Gasteiger partial charge on any atom is 0.337 e. The molecule has 1 aromatic carbocycles. The van der Waals surface area contributed by atoms with Gasteiger partial charge < -0.3 is 15.0 Å². The quantitative estimate of drug-likeness (QED) is 0.668. The van der Waals surface area contributed by atoms with Crippen LogP contribution in [0.2, 0.25) is 0 Å². The lowest BCUT2D eigenvalue weighted by Crippen LogP contribution is -2.46. The Morgan fingerprint density at radius 2 is 2.00 bits per heavy atom. The summed E-state index contributed by atoms with van der Waals surface area (Å²) in [7, 11) is 3.10. The van der Waals surface area contributed by atoms with E-state index >= 15 is 0 Å². The molecule has 0 fully saturated rings. The van der Waals surface area contributed by atoms with Gasteiger partial charge in [0.05, 0.1) is 18.7 Å². The number of carbonyl (C=O) groups is 1. The summed E-state index contributed by atoms with van der Waals surface area (Å²) in [5, 5.41) is 3.58. The number of nitrogens with zero attached hydrogens (tertiary/aromatic N) is 1. The lowest BCUT2D eigenvalue weighted by Gasteiger charge is -2.35. The van der Waals surface area contributed by atoms with E-state index in [1.165, 1.54) is 19.2 Å². The predicted molar refractivity (Wildman–Crippen MR) is 77.4 cm³/mol. The molecule has 106 valence electrons. The molecule has 0 spiro atoms. The summed E-state index contributed by atoms with van der Waals surface area (Å²) in [6, 6.07) is 5.51. The van der Waals surface area contributed by atoms with Gasteiger partial charge >= 0.3 is 5.97 Å². The average molecular weight is 294 g/mol. The van der Waals surface area contributed by atoms with E-state index < -0.39 is 12.0 Å². The van der Waals surface area contributed by atoms with Crippen LogP contribution in [0.15, 0.2) is 35.5 Å². The van der Waals surface area contributed by atoms with E-state index in [-0.39, 0.29) is 5.82 Å². The van der Waals surface area contributed by atoms with Gasteiger partial charge in [-0.25, -0.2) is 9.18 Å². The molecule has 2 rings (SSSR count). The van der Waals surface area contributed by atoms with Gasteiger partial charge in [0, 0.05) is 12.7 Å². The molecule has 0 unspecified atom stereocenters. The molecule has 6 heteroatoms. The highest BCUT2D eigenvalue weighted by Crippen LogP contribution is 2.30. The second-order valence-corrected chi connectivity index (χ2v) is 4.87. The van der Waals surface area contributed by atoms with Gasteiger partial charge in [0.2, 0.25) is 0 Å².